The molecule has 0 fully saturated rings. The van der Waals surface area contributed by atoms with Gasteiger partial charge in [-0.2, -0.15) is 0 Å². The van der Waals surface area contributed by atoms with Gasteiger partial charge in [-0.05, 0) is 12.2 Å². The molecule has 1 rings (SSSR count). The second kappa shape index (κ2) is 3.95. The Labute approximate surface area is 64.9 Å². The van der Waals surface area contributed by atoms with Gasteiger partial charge in [-0.1, -0.05) is 12.2 Å². The maximum atomic E-state index is 8.69. The first-order valence-electron chi connectivity index (χ1n) is 3.33. The summed E-state index contributed by atoms with van der Waals surface area (Å²) in [5.74, 6) is 0.887. The molecule has 0 atom stereocenters. The smallest absolute Gasteiger partial charge is 0.129 e. The third kappa shape index (κ3) is 2.22. The molecule has 0 aromatic carbocycles. The Balaban J connectivity index is 2.69. The van der Waals surface area contributed by atoms with Crippen molar-refractivity contribution in [3.05, 3.63) is 35.8 Å². The summed E-state index contributed by atoms with van der Waals surface area (Å²) in [6, 6.07) is 0. The zero-order chi connectivity index (χ0) is 8.10. The van der Waals surface area contributed by atoms with Gasteiger partial charge in [0.1, 0.15) is 24.7 Å². The van der Waals surface area contributed by atoms with Crippen molar-refractivity contribution in [2.45, 2.75) is 0 Å². The number of rotatable bonds is 2. The molecule has 0 radical (unpaired) electrons. The van der Waals surface area contributed by atoms with Crippen LogP contribution in [-0.4, -0.2) is 23.4 Å². The van der Waals surface area contributed by atoms with Crippen LogP contribution in [-0.2, 0) is 4.74 Å². The van der Waals surface area contributed by atoms with Gasteiger partial charge in [0.15, 0.2) is 0 Å². The van der Waals surface area contributed by atoms with Gasteiger partial charge in [0.25, 0.3) is 0 Å². The van der Waals surface area contributed by atoms with E-state index in [2.05, 4.69) is 0 Å². The summed E-state index contributed by atoms with van der Waals surface area (Å²) in [6.45, 7) is -0.302. The third-order valence-electron chi connectivity index (χ3n) is 1.25. The Morgan fingerprint density at radius 1 is 1.00 bits per heavy atom. The summed E-state index contributed by atoms with van der Waals surface area (Å²) in [7, 11) is 0. The molecule has 11 heavy (non-hydrogen) atoms. The number of aliphatic hydroxyl groups excluding tert-OH is 2. The standard InChI is InChI=1S/C8H10O3/c9-5-7-3-1-2-4-8(6-10)11-7/h1-4,9-10H,5-6H2. The van der Waals surface area contributed by atoms with Crippen molar-refractivity contribution in [1.29, 1.82) is 0 Å². The lowest BCUT2D eigenvalue weighted by Gasteiger charge is -2.06. The quantitative estimate of drug-likeness (QED) is 0.602. The average Bonchev–Trinajstić information content (AvgIpc) is 2.28. The molecule has 0 spiro atoms. The highest BCUT2D eigenvalue weighted by Crippen LogP contribution is 2.08. The van der Waals surface area contributed by atoms with Crippen molar-refractivity contribution < 1.29 is 14.9 Å². The molecule has 0 bridgehead atoms. The maximum absolute atomic E-state index is 8.69. The van der Waals surface area contributed by atoms with Crippen LogP contribution >= 0.6 is 0 Å². The van der Waals surface area contributed by atoms with E-state index in [1.807, 2.05) is 0 Å². The largest absolute Gasteiger partial charge is 0.461 e. The van der Waals surface area contributed by atoms with Crippen LogP contribution < -0.4 is 0 Å². The Morgan fingerprint density at radius 2 is 1.45 bits per heavy atom. The van der Waals surface area contributed by atoms with Crippen molar-refractivity contribution in [3.63, 3.8) is 0 Å². The zero-order valence-corrected chi connectivity index (χ0v) is 6.03. The molecule has 60 valence electrons. The molecule has 0 saturated heterocycles. The van der Waals surface area contributed by atoms with E-state index in [-0.39, 0.29) is 13.2 Å². The number of aliphatic hydroxyl groups is 2. The van der Waals surface area contributed by atoms with Crippen molar-refractivity contribution in [3.8, 4) is 0 Å². The molecule has 3 heteroatoms. The zero-order valence-electron chi connectivity index (χ0n) is 6.03. The van der Waals surface area contributed by atoms with Gasteiger partial charge in [-0.15, -0.1) is 0 Å². The second-order valence-electron chi connectivity index (χ2n) is 2.07. The molecule has 1 aliphatic heterocycles. The maximum Gasteiger partial charge on any atom is 0.129 e. The highest BCUT2D eigenvalue weighted by Gasteiger charge is 2.01. The molecule has 1 heterocycles. The van der Waals surface area contributed by atoms with Gasteiger partial charge in [0, 0.05) is 0 Å². The van der Waals surface area contributed by atoms with E-state index in [0.717, 1.165) is 0 Å². The van der Waals surface area contributed by atoms with Gasteiger partial charge in [-0.3, -0.25) is 0 Å². The van der Waals surface area contributed by atoms with Crippen LogP contribution in [0.5, 0.6) is 0 Å². The summed E-state index contributed by atoms with van der Waals surface area (Å²) in [5, 5.41) is 17.4. The van der Waals surface area contributed by atoms with Gasteiger partial charge in [-0.25, -0.2) is 0 Å². The molecule has 1 aliphatic rings. The van der Waals surface area contributed by atoms with Crippen molar-refractivity contribution in [2.75, 3.05) is 13.2 Å². The minimum Gasteiger partial charge on any atom is -0.461 e. The fourth-order valence-corrected chi connectivity index (χ4v) is 0.732. The predicted octanol–water partition coefficient (Wildman–Crippen LogP) is 0.325. The Morgan fingerprint density at radius 3 is 1.82 bits per heavy atom. The highest BCUT2D eigenvalue weighted by atomic mass is 16.5. The minimum atomic E-state index is -0.151. The Hall–Kier alpha value is -1.06. The van der Waals surface area contributed by atoms with Crippen LogP contribution in [0.3, 0.4) is 0 Å². The van der Waals surface area contributed by atoms with Gasteiger partial charge in [0.05, 0.1) is 0 Å². The SMILES string of the molecule is OCC1=CC=CC=C(CO)O1. The van der Waals surface area contributed by atoms with Gasteiger partial charge < -0.3 is 14.9 Å². The summed E-state index contributed by atoms with van der Waals surface area (Å²) in [6.07, 6.45) is 6.79. The number of hydrogen-bond donors (Lipinski definition) is 2. The molecule has 0 aliphatic carbocycles. The molecule has 2 N–H and O–H groups in total. The molecular weight excluding hydrogens is 144 g/mol. The van der Waals surface area contributed by atoms with Crippen LogP contribution in [0, 0.1) is 0 Å². The van der Waals surface area contributed by atoms with E-state index in [4.69, 9.17) is 14.9 Å². The molecule has 0 amide bonds. The minimum absolute atomic E-state index is 0.151. The van der Waals surface area contributed by atoms with Crippen LogP contribution in [0.2, 0.25) is 0 Å². The molecule has 0 aromatic heterocycles. The monoisotopic (exact) mass is 154 g/mol. The van der Waals surface area contributed by atoms with Gasteiger partial charge in [0.2, 0.25) is 0 Å². The normalized spacial score (nSPS) is 16.5. The van der Waals surface area contributed by atoms with Crippen molar-refractivity contribution in [1.82, 2.24) is 0 Å². The lowest BCUT2D eigenvalue weighted by molar-refractivity contribution is 0.178. The van der Waals surface area contributed by atoms with Crippen LogP contribution in [0.1, 0.15) is 0 Å². The van der Waals surface area contributed by atoms with E-state index < -0.39 is 0 Å². The number of hydrogen-bond acceptors (Lipinski definition) is 3. The van der Waals surface area contributed by atoms with Crippen LogP contribution in [0.25, 0.3) is 0 Å². The summed E-state index contributed by atoms with van der Waals surface area (Å²) >= 11 is 0. The molecule has 3 nitrogen and oxygen atoms in total. The topological polar surface area (TPSA) is 49.7 Å². The van der Waals surface area contributed by atoms with E-state index in [9.17, 15) is 0 Å². The van der Waals surface area contributed by atoms with E-state index in [1.165, 1.54) is 0 Å². The lowest BCUT2D eigenvalue weighted by Crippen LogP contribution is -1.99. The van der Waals surface area contributed by atoms with Crippen molar-refractivity contribution >= 4 is 0 Å². The highest BCUT2D eigenvalue weighted by molar-refractivity contribution is 5.21. The lowest BCUT2D eigenvalue weighted by atomic mass is 10.4. The van der Waals surface area contributed by atoms with Crippen LogP contribution in [0.4, 0.5) is 0 Å². The first kappa shape index (κ1) is 8.04. The summed E-state index contributed by atoms with van der Waals surface area (Å²) < 4.78 is 5.07. The Bertz CT molecular complexity index is 191. The van der Waals surface area contributed by atoms with E-state index in [0.29, 0.717) is 11.5 Å². The summed E-state index contributed by atoms with van der Waals surface area (Å²) in [5.41, 5.74) is 0. The van der Waals surface area contributed by atoms with Crippen molar-refractivity contribution in [2.24, 2.45) is 0 Å². The second-order valence-corrected chi connectivity index (χ2v) is 2.07. The molecular formula is C8H10O3. The fraction of sp³-hybridized carbons (Fsp3) is 0.250. The number of allylic oxidation sites excluding steroid dienone is 4. The average molecular weight is 154 g/mol. The first-order chi connectivity index (χ1) is 5.36. The third-order valence-corrected chi connectivity index (χ3v) is 1.25. The van der Waals surface area contributed by atoms with E-state index in [1.54, 1.807) is 24.3 Å². The molecule has 0 aromatic rings. The van der Waals surface area contributed by atoms with Crippen LogP contribution in [0.15, 0.2) is 35.8 Å². The first-order valence-corrected chi connectivity index (χ1v) is 3.33. The number of ether oxygens (including phenoxy) is 1. The van der Waals surface area contributed by atoms with Gasteiger partial charge >= 0.3 is 0 Å². The van der Waals surface area contributed by atoms with E-state index >= 15 is 0 Å². The molecule has 0 saturated carbocycles. The predicted molar refractivity (Wildman–Crippen MR) is 40.6 cm³/mol. The Kier molecular flexibility index (Phi) is 2.89. The molecule has 0 unspecified atom stereocenters. The fourth-order valence-electron chi connectivity index (χ4n) is 0.732. The summed E-state index contributed by atoms with van der Waals surface area (Å²) in [4.78, 5) is 0.